The highest BCUT2D eigenvalue weighted by molar-refractivity contribution is 7.80. The maximum Gasteiger partial charge on any atom is 0.125 e. The molecule has 0 saturated heterocycles. The van der Waals surface area contributed by atoms with E-state index in [0.717, 1.165) is 37.6 Å². The number of rotatable bonds is 8. The lowest BCUT2D eigenvalue weighted by Crippen LogP contribution is -2.11. The van der Waals surface area contributed by atoms with E-state index in [1.54, 1.807) is 6.20 Å². The number of thiocarbonyl (C=S) groups is 1. The average Bonchev–Trinajstić information content (AvgIpc) is 2.34. The SMILES string of the molecule is CC(C)COCCCNc1ccc(C(N)=S)cn1. The number of nitrogens with one attached hydrogen (secondary N) is 1. The van der Waals surface area contributed by atoms with Gasteiger partial charge < -0.3 is 15.8 Å². The van der Waals surface area contributed by atoms with Gasteiger partial charge in [0.1, 0.15) is 10.8 Å². The molecule has 1 heterocycles. The summed E-state index contributed by atoms with van der Waals surface area (Å²) in [5.74, 6) is 1.42. The molecule has 5 heteroatoms. The Morgan fingerprint density at radius 1 is 1.50 bits per heavy atom. The molecule has 0 spiro atoms. The highest BCUT2D eigenvalue weighted by atomic mass is 32.1. The number of pyridine rings is 1. The zero-order valence-corrected chi connectivity index (χ0v) is 11.8. The first kappa shape index (κ1) is 14.9. The summed E-state index contributed by atoms with van der Waals surface area (Å²) < 4.78 is 5.49. The Morgan fingerprint density at radius 3 is 2.83 bits per heavy atom. The maximum absolute atomic E-state index is 5.50. The van der Waals surface area contributed by atoms with E-state index in [0.29, 0.717) is 10.9 Å². The van der Waals surface area contributed by atoms with Gasteiger partial charge in [0.2, 0.25) is 0 Å². The van der Waals surface area contributed by atoms with Crippen molar-refractivity contribution in [2.24, 2.45) is 11.7 Å². The van der Waals surface area contributed by atoms with Crippen molar-refractivity contribution in [3.63, 3.8) is 0 Å². The van der Waals surface area contributed by atoms with Crippen LogP contribution in [0.4, 0.5) is 5.82 Å². The lowest BCUT2D eigenvalue weighted by Gasteiger charge is -2.08. The minimum Gasteiger partial charge on any atom is -0.389 e. The van der Waals surface area contributed by atoms with Gasteiger partial charge in [-0.3, -0.25) is 0 Å². The van der Waals surface area contributed by atoms with E-state index < -0.39 is 0 Å². The van der Waals surface area contributed by atoms with Crippen LogP contribution in [0.2, 0.25) is 0 Å². The fourth-order valence-electron chi connectivity index (χ4n) is 1.35. The molecule has 0 aliphatic carbocycles. The molecule has 0 unspecified atom stereocenters. The third kappa shape index (κ3) is 5.93. The Kier molecular flexibility index (Phi) is 6.60. The van der Waals surface area contributed by atoms with Gasteiger partial charge in [-0.1, -0.05) is 26.1 Å². The van der Waals surface area contributed by atoms with Crippen molar-refractivity contribution in [2.45, 2.75) is 20.3 Å². The third-order valence-corrected chi connectivity index (χ3v) is 2.51. The van der Waals surface area contributed by atoms with Gasteiger partial charge in [-0.25, -0.2) is 4.98 Å². The Hall–Kier alpha value is -1.20. The molecule has 0 aliphatic heterocycles. The van der Waals surface area contributed by atoms with E-state index in [2.05, 4.69) is 24.1 Å². The van der Waals surface area contributed by atoms with Crippen LogP contribution in [0.3, 0.4) is 0 Å². The lowest BCUT2D eigenvalue weighted by atomic mass is 10.2. The van der Waals surface area contributed by atoms with Gasteiger partial charge in [-0.2, -0.15) is 0 Å². The third-order valence-electron chi connectivity index (χ3n) is 2.27. The van der Waals surface area contributed by atoms with E-state index in [-0.39, 0.29) is 0 Å². The fraction of sp³-hybridized carbons (Fsp3) is 0.538. The van der Waals surface area contributed by atoms with E-state index in [1.165, 1.54) is 0 Å². The largest absolute Gasteiger partial charge is 0.389 e. The Balaban J connectivity index is 2.17. The topological polar surface area (TPSA) is 60.2 Å². The molecule has 0 radical (unpaired) electrons. The predicted molar refractivity (Wildman–Crippen MR) is 78.9 cm³/mol. The number of hydrogen-bond acceptors (Lipinski definition) is 4. The van der Waals surface area contributed by atoms with Crippen molar-refractivity contribution < 1.29 is 4.74 Å². The van der Waals surface area contributed by atoms with Crippen LogP contribution in [-0.4, -0.2) is 29.7 Å². The molecule has 18 heavy (non-hydrogen) atoms. The second-order valence-corrected chi connectivity index (χ2v) is 4.99. The first-order valence-corrected chi connectivity index (χ1v) is 6.58. The highest BCUT2D eigenvalue weighted by Gasteiger charge is 1.98. The minimum absolute atomic E-state index is 0.371. The lowest BCUT2D eigenvalue weighted by molar-refractivity contribution is 0.110. The summed E-state index contributed by atoms with van der Waals surface area (Å²) in [6, 6.07) is 3.75. The van der Waals surface area contributed by atoms with Gasteiger partial charge >= 0.3 is 0 Å². The van der Waals surface area contributed by atoms with Gasteiger partial charge in [0, 0.05) is 31.5 Å². The van der Waals surface area contributed by atoms with E-state index >= 15 is 0 Å². The predicted octanol–water partition coefficient (Wildman–Crippen LogP) is 2.19. The number of nitrogens with zero attached hydrogens (tertiary/aromatic N) is 1. The number of hydrogen-bond donors (Lipinski definition) is 2. The molecule has 3 N–H and O–H groups in total. The van der Waals surface area contributed by atoms with E-state index in [4.69, 9.17) is 22.7 Å². The van der Waals surface area contributed by atoms with Crippen molar-refractivity contribution in [2.75, 3.05) is 25.1 Å². The number of ether oxygens (including phenoxy) is 1. The summed E-state index contributed by atoms with van der Waals surface area (Å²) in [6.45, 7) is 6.73. The van der Waals surface area contributed by atoms with Crippen LogP contribution in [0.5, 0.6) is 0 Å². The molecule has 0 atom stereocenters. The fourth-order valence-corrected chi connectivity index (χ4v) is 1.47. The second kappa shape index (κ2) is 8.00. The average molecular weight is 267 g/mol. The Labute approximate surface area is 114 Å². The summed E-state index contributed by atoms with van der Waals surface area (Å²) in [7, 11) is 0. The molecule has 0 bridgehead atoms. The van der Waals surface area contributed by atoms with Crippen LogP contribution in [0, 0.1) is 5.92 Å². The van der Waals surface area contributed by atoms with E-state index in [9.17, 15) is 0 Å². The maximum atomic E-state index is 5.50. The van der Waals surface area contributed by atoms with Crippen LogP contribution >= 0.6 is 12.2 Å². The van der Waals surface area contributed by atoms with Crippen molar-refractivity contribution in [1.29, 1.82) is 0 Å². The standard InChI is InChI=1S/C13H21N3OS/c1-10(2)9-17-7-3-6-15-12-5-4-11(8-16-12)13(14)18/h4-5,8,10H,3,6-7,9H2,1-2H3,(H2,14,18)(H,15,16). The summed E-state index contributed by atoms with van der Waals surface area (Å²) >= 11 is 4.86. The molecule has 0 aliphatic rings. The number of anilines is 1. The molecule has 0 aromatic carbocycles. The number of nitrogens with two attached hydrogens (primary N) is 1. The van der Waals surface area contributed by atoms with Crippen molar-refractivity contribution in [3.8, 4) is 0 Å². The van der Waals surface area contributed by atoms with Gasteiger partial charge in [0.05, 0.1) is 0 Å². The van der Waals surface area contributed by atoms with Crippen LogP contribution in [0.1, 0.15) is 25.8 Å². The molecule has 0 saturated carbocycles. The molecule has 1 rings (SSSR count). The zero-order valence-electron chi connectivity index (χ0n) is 11.0. The first-order chi connectivity index (χ1) is 8.59. The Morgan fingerprint density at radius 2 is 2.28 bits per heavy atom. The molecule has 1 aromatic heterocycles. The summed E-state index contributed by atoms with van der Waals surface area (Å²) in [6.07, 6.45) is 2.64. The highest BCUT2D eigenvalue weighted by Crippen LogP contribution is 2.05. The second-order valence-electron chi connectivity index (χ2n) is 4.55. The summed E-state index contributed by atoms with van der Waals surface area (Å²) in [4.78, 5) is 4.60. The minimum atomic E-state index is 0.371. The first-order valence-electron chi connectivity index (χ1n) is 6.17. The molecule has 100 valence electrons. The quantitative estimate of drug-likeness (QED) is 0.558. The molecular weight excluding hydrogens is 246 g/mol. The van der Waals surface area contributed by atoms with Crippen LogP contribution in [0.15, 0.2) is 18.3 Å². The summed E-state index contributed by atoms with van der Waals surface area (Å²) in [5.41, 5.74) is 6.29. The zero-order chi connectivity index (χ0) is 13.4. The van der Waals surface area contributed by atoms with Crippen LogP contribution in [-0.2, 0) is 4.74 Å². The molecule has 4 nitrogen and oxygen atoms in total. The summed E-state index contributed by atoms with van der Waals surface area (Å²) in [5, 5.41) is 3.22. The molecule has 0 amide bonds. The molecule has 1 aromatic rings. The molecule has 0 fully saturated rings. The van der Waals surface area contributed by atoms with E-state index in [1.807, 2.05) is 12.1 Å². The van der Waals surface area contributed by atoms with Crippen LogP contribution in [0.25, 0.3) is 0 Å². The van der Waals surface area contributed by atoms with Crippen LogP contribution < -0.4 is 11.1 Å². The van der Waals surface area contributed by atoms with Gasteiger partial charge in [-0.15, -0.1) is 0 Å². The van der Waals surface area contributed by atoms with Gasteiger partial charge in [-0.05, 0) is 24.5 Å². The smallest absolute Gasteiger partial charge is 0.125 e. The van der Waals surface area contributed by atoms with Gasteiger partial charge in [0.25, 0.3) is 0 Å². The van der Waals surface area contributed by atoms with Gasteiger partial charge in [0.15, 0.2) is 0 Å². The van der Waals surface area contributed by atoms with Crippen molar-refractivity contribution in [3.05, 3.63) is 23.9 Å². The Bertz CT molecular complexity index is 365. The monoisotopic (exact) mass is 267 g/mol. The normalized spacial score (nSPS) is 10.6. The van der Waals surface area contributed by atoms with Crippen molar-refractivity contribution in [1.82, 2.24) is 4.98 Å². The molecular formula is C13H21N3OS. The van der Waals surface area contributed by atoms with Crippen molar-refractivity contribution >= 4 is 23.0 Å². The number of aromatic nitrogens is 1.